The number of rotatable bonds is 2. The van der Waals surface area contributed by atoms with Gasteiger partial charge in [0.25, 0.3) is 0 Å². The van der Waals surface area contributed by atoms with Crippen molar-refractivity contribution in [3.8, 4) is 11.5 Å². The smallest absolute Gasteiger partial charge is 0.128 e. The molecule has 0 fully saturated rings. The first kappa shape index (κ1) is 14.7. The van der Waals surface area contributed by atoms with Gasteiger partial charge >= 0.3 is 0 Å². The Morgan fingerprint density at radius 2 is 2.14 bits per heavy atom. The van der Waals surface area contributed by atoms with E-state index in [1.807, 2.05) is 0 Å². The fourth-order valence-corrected chi connectivity index (χ4v) is 3.63. The first-order valence-electron chi connectivity index (χ1n) is 8.13. The van der Waals surface area contributed by atoms with Crippen LogP contribution in [0.3, 0.4) is 0 Å². The van der Waals surface area contributed by atoms with E-state index < -0.39 is 0 Å². The molecule has 116 valence electrons. The van der Waals surface area contributed by atoms with E-state index in [0.29, 0.717) is 6.04 Å². The Balaban J connectivity index is 2.18. The average Bonchev–Trinajstić information content (AvgIpc) is 2.78. The molecule has 0 aliphatic carbocycles. The normalized spacial score (nSPS) is 24.2. The van der Waals surface area contributed by atoms with E-state index in [1.165, 1.54) is 16.7 Å². The highest BCUT2D eigenvalue weighted by atomic mass is 16.5. The summed E-state index contributed by atoms with van der Waals surface area (Å²) in [6.45, 7) is 12.8. The minimum absolute atomic E-state index is 0.156. The zero-order valence-corrected chi connectivity index (χ0v) is 13.9. The molecule has 2 aliphatic heterocycles. The van der Waals surface area contributed by atoms with E-state index >= 15 is 0 Å². The number of fused-ring (bicyclic) bond motifs is 3. The molecule has 3 heteroatoms. The summed E-state index contributed by atoms with van der Waals surface area (Å²) >= 11 is 0. The molecule has 0 aromatic heterocycles. The molecule has 0 saturated heterocycles. The summed E-state index contributed by atoms with van der Waals surface area (Å²) in [4.78, 5) is 0. The second kappa shape index (κ2) is 5.20. The maximum Gasteiger partial charge on any atom is 0.128 e. The van der Waals surface area contributed by atoms with Crippen LogP contribution in [0.4, 0.5) is 0 Å². The second-order valence-electron chi connectivity index (χ2n) is 7.32. The van der Waals surface area contributed by atoms with E-state index in [4.69, 9.17) is 9.47 Å². The molecule has 3 rings (SSSR count). The van der Waals surface area contributed by atoms with Crippen molar-refractivity contribution in [2.24, 2.45) is 5.41 Å². The molecular formula is C18H27NO2. The van der Waals surface area contributed by atoms with Gasteiger partial charge in [-0.2, -0.15) is 0 Å². The summed E-state index contributed by atoms with van der Waals surface area (Å²) in [5, 5.41) is 3.69. The van der Waals surface area contributed by atoms with E-state index in [9.17, 15) is 0 Å². The quantitative estimate of drug-likeness (QED) is 0.901. The second-order valence-corrected chi connectivity index (χ2v) is 7.32. The van der Waals surface area contributed by atoms with E-state index in [0.717, 1.165) is 37.5 Å². The van der Waals surface area contributed by atoms with Crippen molar-refractivity contribution in [2.45, 2.75) is 59.6 Å². The fraction of sp³-hybridized carbons (Fsp3) is 0.667. The minimum Gasteiger partial charge on any atom is -0.494 e. The highest BCUT2D eigenvalue weighted by molar-refractivity contribution is 5.58. The SMILES string of the molecule is CCOc1cc2c(c3c1CCNC3C(C)(C)C)OC(C)C2. The third-order valence-electron chi connectivity index (χ3n) is 4.47. The summed E-state index contributed by atoms with van der Waals surface area (Å²) in [7, 11) is 0. The number of nitrogens with one attached hydrogen (secondary N) is 1. The largest absolute Gasteiger partial charge is 0.494 e. The molecule has 2 unspecified atom stereocenters. The molecule has 0 spiro atoms. The first-order valence-corrected chi connectivity index (χ1v) is 8.13. The summed E-state index contributed by atoms with van der Waals surface area (Å²) in [5.41, 5.74) is 4.16. The summed E-state index contributed by atoms with van der Waals surface area (Å²) < 4.78 is 12.1. The molecule has 2 heterocycles. The van der Waals surface area contributed by atoms with Gasteiger partial charge in [0.15, 0.2) is 0 Å². The number of benzene rings is 1. The van der Waals surface area contributed by atoms with Gasteiger partial charge in [0, 0.05) is 29.2 Å². The van der Waals surface area contributed by atoms with Crippen LogP contribution >= 0.6 is 0 Å². The Labute approximate surface area is 128 Å². The summed E-state index contributed by atoms with van der Waals surface area (Å²) in [6, 6.07) is 2.53. The van der Waals surface area contributed by atoms with Gasteiger partial charge in [-0.15, -0.1) is 0 Å². The topological polar surface area (TPSA) is 30.5 Å². The van der Waals surface area contributed by atoms with Crippen LogP contribution < -0.4 is 14.8 Å². The van der Waals surface area contributed by atoms with Crippen molar-refractivity contribution in [3.05, 3.63) is 22.8 Å². The minimum atomic E-state index is 0.156. The van der Waals surface area contributed by atoms with Gasteiger partial charge in [-0.3, -0.25) is 0 Å². The third kappa shape index (κ3) is 2.52. The lowest BCUT2D eigenvalue weighted by Gasteiger charge is -2.38. The molecule has 1 aromatic rings. The number of ether oxygens (including phenoxy) is 2. The van der Waals surface area contributed by atoms with E-state index in [-0.39, 0.29) is 11.5 Å². The molecule has 0 amide bonds. The Bertz CT molecular complexity index is 545. The van der Waals surface area contributed by atoms with Crippen molar-refractivity contribution in [1.82, 2.24) is 5.32 Å². The highest BCUT2D eigenvalue weighted by Gasteiger charge is 2.37. The lowest BCUT2D eigenvalue weighted by Crippen LogP contribution is -2.38. The average molecular weight is 289 g/mol. The molecule has 2 atom stereocenters. The van der Waals surface area contributed by atoms with Crippen LogP contribution in [0.5, 0.6) is 11.5 Å². The van der Waals surface area contributed by atoms with Crippen molar-refractivity contribution in [2.75, 3.05) is 13.2 Å². The molecular weight excluding hydrogens is 262 g/mol. The van der Waals surface area contributed by atoms with Crippen LogP contribution in [0.2, 0.25) is 0 Å². The van der Waals surface area contributed by atoms with Crippen LogP contribution in [0, 0.1) is 5.41 Å². The van der Waals surface area contributed by atoms with Crippen molar-refractivity contribution >= 4 is 0 Å². The third-order valence-corrected chi connectivity index (χ3v) is 4.47. The lowest BCUT2D eigenvalue weighted by atomic mass is 9.77. The van der Waals surface area contributed by atoms with Crippen LogP contribution in [-0.4, -0.2) is 19.3 Å². The Hall–Kier alpha value is -1.22. The molecule has 1 aromatic carbocycles. The first-order chi connectivity index (χ1) is 9.91. The Morgan fingerprint density at radius 1 is 1.38 bits per heavy atom. The molecule has 0 bridgehead atoms. The van der Waals surface area contributed by atoms with Crippen LogP contribution in [0.25, 0.3) is 0 Å². The Kier molecular flexibility index (Phi) is 3.64. The van der Waals surface area contributed by atoms with Crippen LogP contribution in [-0.2, 0) is 12.8 Å². The molecule has 0 saturated carbocycles. The molecule has 21 heavy (non-hydrogen) atoms. The highest BCUT2D eigenvalue weighted by Crippen LogP contribution is 2.48. The number of hydrogen-bond donors (Lipinski definition) is 1. The van der Waals surface area contributed by atoms with Gasteiger partial charge in [0.1, 0.15) is 17.6 Å². The zero-order chi connectivity index (χ0) is 15.2. The Morgan fingerprint density at radius 3 is 2.81 bits per heavy atom. The molecule has 3 nitrogen and oxygen atoms in total. The van der Waals surface area contributed by atoms with Gasteiger partial charge in [0.05, 0.1) is 6.61 Å². The van der Waals surface area contributed by atoms with Gasteiger partial charge in [-0.25, -0.2) is 0 Å². The van der Waals surface area contributed by atoms with E-state index in [1.54, 1.807) is 0 Å². The van der Waals surface area contributed by atoms with Gasteiger partial charge in [0.2, 0.25) is 0 Å². The van der Waals surface area contributed by atoms with Crippen molar-refractivity contribution in [3.63, 3.8) is 0 Å². The van der Waals surface area contributed by atoms with Crippen LogP contribution in [0.15, 0.2) is 6.07 Å². The molecule has 2 aliphatic rings. The number of hydrogen-bond acceptors (Lipinski definition) is 3. The monoisotopic (exact) mass is 289 g/mol. The maximum absolute atomic E-state index is 6.17. The predicted octanol–water partition coefficient (Wildman–Crippen LogP) is 3.64. The zero-order valence-electron chi connectivity index (χ0n) is 13.9. The van der Waals surface area contributed by atoms with E-state index in [2.05, 4.69) is 46.0 Å². The lowest BCUT2D eigenvalue weighted by molar-refractivity contribution is 0.226. The standard InChI is InChI=1S/C18H27NO2/c1-6-20-14-10-12-9-11(2)21-16(12)15-13(14)7-8-19-17(15)18(3,4)5/h10-11,17,19H,6-9H2,1-5H3. The molecule has 1 N–H and O–H groups in total. The van der Waals surface area contributed by atoms with Gasteiger partial charge < -0.3 is 14.8 Å². The predicted molar refractivity (Wildman–Crippen MR) is 85.3 cm³/mol. The summed E-state index contributed by atoms with van der Waals surface area (Å²) in [5.74, 6) is 2.19. The van der Waals surface area contributed by atoms with Crippen molar-refractivity contribution in [1.29, 1.82) is 0 Å². The van der Waals surface area contributed by atoms with Gasteiger partial charge in [-0.1, -0.05) is 20.8 Å². The van der Waals surface area contributed by atoms with Crippen LogP contribution in [0.1, 0.15) is 57.4 Å². The maximum atomic E-state index is 6.17. The van der Waals surface area contributed by atoms with Crippen molar-refractivity contribution < 1.29 is 9.47 Å². The summed E-state index contributed by atoms with van der Waals surface area (Å²) in [6.07, 6.45) is 2.27. The fourth-order valence-electron chi connectivity index (χ4n) is 3.63. The molecule has 0 radical (unpaired) electrons. The van der Waals surface area contributed by atoms with Gasteiger partial charge in [-0.05, 0) is 38.3 Å².